The van der Waals surface area contributed by atoms with Crippen molar-refractivity contribution in [3.8, 4) is 6.07 Å². The van der Waals surface area contributed by atoms with Crippen molar-refractivity contribution in [3.05, 3.63) is 46.7 Å². The molecule has 1 heterocycles. The van der Waals surface area contributed by atoms with E-state index < -0.39 is 9.84 Å². The molecule has 0 spiro atoms. The molecular weight excluding hydrogens is 298 g/mol. The number of hydrogen-bond donors (Lipinski definition) is 0. The van der Waals surface area contributed by atoms with Gasteiger partial charge in [0.15, 0.2) is 9.84 Å². The van der Waals surface area contributed by atoms with Crippen molar-refractivity contribution >= 4 is 21.4 Å². The summed E-state index contributed by atoms with van der Waals surface area (Å²) >= 11 is 5.87. The molecule has 2 aromatic rings. The number of benzene rings is 1. The minimum Gasteiger partial charge on any atom is -0.267 e. The number of halogens is 1. The first-order valence-electron chi connectivity index (χ1n) is 5.85. The van der Waals surface area contributed by atoms with Crippen LogP contribution in [0.5, 0.6) is 0 Å². The Morgan fingerprint density at radius 1 is 1.45 bits per heavy atom. The molecule has 20 heavy (non-hydrogen) atoms. The molecule has 0 aliphatic rings. The minimum atomic E-state index is -3.45. The highest BCUT2D eigenvalue weighted by atomic mass is 35.5. The van der Waals surface area contributed by atoms with E-state index in [0.29, 0.717) is 10.6 Å². The van der Waals surface area contributed by atoms with E-state index in [2.05, 4.69) is 5.10 Å². The number of nitriles is 1. The standard InChI is InChI=1S/C13H12ClN3O2S/c1-10-13(14)9-16-17(10)5-6-20(18,19)12-4-2-3-11(7-12)8-15/h2-4,7,9H,5-6H2,1H3. The Balaban J connectivity index is 2.19. The predicted octanol–water partition coefficient (Wildman–Crippen LogP) is 2.19. The van der Waals surface area contributed by atoms with Gasteiger partial charge >= 0.3 is 0 Å². The van der Waals surface area contributed by atoms with Crippen LogP contribution in [0.25, 0.3) is 0 Å². The summed E-state index contributed by atoms with van der Waals surface area (Å²) in [5, 5.41) is 13.3. The van der Waals surface area contributed by atoms with Gasteiger partial charge < -0.3 is 0 Å². The van der Waals surface area contributed by atoms with Gasteiger partial charge in [0.1, 0.15) is 0 Å². The van der Waals surface area contributed by atoms with Crippen LogP contribution in [0.15, 0.2) is 35.4 Å². The van der Waals surface area contributed by atoms with Crippen LogP contribution in [-0.2, 0) is 16.4 Å². The average Bonchev–Trinajstić information content (AvgIpc) is 2.77. The lowest BCUT2D eigenvalue weighted by Crippen LogP contribution is -2.15. The van der Waals surface area contributed by atoms with Gasteiger partial charge in [-0.25, -0.2) is 8.42 Å². The second-order valence-electron chi connectivity index (χ2n) is 4.26. The number of nitrogens with zero attached hydrogens (tertiary/aromatic N) is 3. The van der Waals surface area contributed by atoms with Crippen molar-refractivity contribution in [2.24, 2.45) is 0 Å². The fourth-order valence-electron chi connectivity index (χ4n) is 1.73. The third-order valence-corrected chi connectivity index (χ3v) is 5.00. The Morgan fingerprint density at radius 2 is 2.20 bits per heavy atom. The maximum Gasteiger partial charge on any atom is 0.180 e. The lowest BCUT2D eigenvalue weighted by Gasteiger charge is -2.06. The number of rotatable bonds is 4. The van der Waals surface area contributed by atoms with Gasteiger partial charge in [-0.05, 0) is 25.1 Å². The third kappa shape index (κ3) is 3.00. The molecule has 1 aromatic carbocycles. The van der Waals surface area contributed by atoms with Crippen molar-refractivity contribution in [1.82, 2.24) is 9.78 Å². The molecule has 0 saturated heterocycles. The maximum atomic E-state index is 12.2. The summed E-state index contributed by atoms with van der Waals surface area (Å²) in [5.41, 5.74) is 1.05. The topological polar surface area (TPSA) is 75.8 Å². The van der Waals surface area contributed by atoms with E-state index in [1.807, 2.05) is 6.07 Å². The number of sulfone groups is 1. The molecule has 0 fully saturated rings. The zero-order chi connectivity index (χ0) is 14.8. The Kier molecular flexibility index (Phi) is 4.12. The van der Waals surface area contributed by atoms with Crippen molar-refractivity contribution in [2.75, 3.05) is 5.75 Å². The van der Waals surface area contributed by atoms with E-state index in [-0.39, 0.29) is 17.2 Å². The molecule has 0 amide bonds. The van der Waals surface area contributed by atoms with Crippen LogP contribution in [0.3, 0.4) is 0 Å². The summed E-state index contributed by atoms with van der Waals surface area (Å²) in [6.07, 6.45) is 1.49. The summed E-state index contributed by atoms with van der Waals surface area (Å²) in [6.45, 7) is 2.00. The number of aromatic nitrogens is 2. The first-order valence-corrected chi connectivity index (χ1v) is 7.88. The molecule has 0 aliphatic heterocycles. The molecule has 0 N–H and O–H groups in total. The molecule has 0 atom stereocenters. The van der Waals surface area contributed by atoms with Crippen LogP contribution in [0.4, 0.5) is 0 Å². The van der Waals surface area contributed by atoms with Crippen LogP contribution < -0.4 is 0 Å². The normalized spacial score (nSPS) is 11.2. The fraction of sp³-hybridized carbons (Fsp3) is 0.231. The van der Waals surface area contributed by atoms with Gasteiger partial charge in [-0.1, -0.05) is 17.7 Å². The van der Waals surface area contributed by atoms with Gasteiger partial charge in [0, 0.05) is 0 Å². The molecule has 7 heteroatoms. The fourth-order valence-corrected chi connectivity index (χ4v) is 3.12. The van der Waals surface area contributed by atoms with E-state index >= 15 is 0 Å². The van der Waals surface area contributed by atoms with E-state index in [1.165, 1.54) is 18.3 Å². The second-order valence-corrected chi connectivity index (χ2v) is 6.78. The highest BCUT2D eigenvalue weighted by molar-refractivity contribution is 7.91. The first kappa shape index (κ1) is 14.6. The van der Waals surface area contributed by atoms with Crippen molar-refractivity contribution < 1.29 is 8.42 Å². The monoisotopic (exact) mass is 309 g/mol. The van der Waals surface area contributed by atoms with Gasteiger partial charge in [0.05, 0.1) is 45.7 Å². The van der Waals surface area contributed by atoms with Crippen molar-refractivity contribution in [3.63, 3.8) is 0 Å². The van der Waals surface area contributed by atoms with E-state index in [9.17, 15) is 8.42 Å². The lowest BCUT2D eigenvalue weighted by molar-refractivity contribution is 0.577. The highest BCUT2D eigenvalue weighted by Crippen LogP contribution is 2.16. The van der Waals surface area contributed by atoms with Crippen LogP contribution in [0, 0.1) is 18.3 Å². The van der Waals surface area contributed by atoms with Crippen molar-refractivity contribution in [1.29, 1.82) is 5.26 Å². The lowest BCUT2D eigenvalue weighted by atomic mass is 10.2. The van der Waals surface area contributed by atoms with Crippen LogP contribution in [0.1, 0.15) is 11.3 Å². The Bertz CT molecular complexity index is 775. The van der Waals surface area contributed by atoms with E-state index in [0.717, 1.165) is 5.69 Å². The zero-order valence-electron chi connectivity index (χ0n) is 10.7. The summed E-state index contributed by atoms with van der Waals surface area (Å²) in [5.74, 6) is -0.0965. The SMILES string of the molecule is Cc1c(Cl)cnn1CCS(=O)(=O)c1cccc(C#N)c1. The summed E-state index contributed by atoms with van der Waals surface area (Å²) in [7, 11) is -3.45. The molecule has 104 valence electrons. The van der Waals surface area contributed by atoms with Gasteiger partial charge in [0.2, 0.25) is 0 Å². The Morgan fingerprint density at radius 3 is 2.80 bits per heavy atom. The Hall–Kier alpha value is -1.84. The minimum absolute atomic E-state index is 0.0965. The maximum absolute atomic E-state index is 12.2. The quantitative estimate of drug-likeness (QED) is 0.867. The Labute approximate surface area is 122 Å². The van der Waals surface area contributed by atoms with Gasteiger partial charge in [-0.3, -0.25) is 4.68 Å². The molecule has 1 aromatic heterocycles. The van der Waals surface area contributed by atoms with Crippen molar-refractivity contribution in [2.45, 2.75) is 18.4 Å². The first-order chi connectivity index (χ1) is 9.44. The molecule has 5 nitrogen and oxygen atoms in total. The van der Waals surface area contributed by atoms with Crippen LogP contribution in [0.2, 0.25) is 5.02 Å². The molecule has 0 unspecified atom stereocenters. The third-order valence-electron chi connectivity index (χ3n) is 2.94. The largest absolute Gasteiger partial charge is 0.267 e. The molecule has 0 saturated carbocycles. The second kappa shape index (κ2) is 5.65. The molecular formula is C13H12ClN3O2S. The van der Waals surface area contributed by atoms with Gasteiger partial charge in [-0.15, -0.1) is 0 Å². The average molecular weight is 310 g/mol. The van der Waals surface area contributed by atoms with E-state index in [1.54, 1.807) is 23.7 Å². The van der Waals surface area contributed by atoms with Gasteiger partial charge in [-0.2, -0.15) is 10.4 Å². The molecule has 0 aliphatic carbocycles. The predicted molar refractivity (Wildman–Crippen MR) is 75.2 cm³/mol. The summed E-state index contributed by atoms with van der Waals surface area (Å²) in [4.78, 5) is 0.146. The van der Waals surface area contributed by atoms with E-state index in [4.69, 9.17) is 16.9 Å². The molecule has 2 rings (SSSR count). The number of aryl methyl sites for hydroxylation is 1. The number of hydrogen-bond acceptors (Lipinski definition) is 4. The van der Waals surface area contributed by atoms with Crippen LogP contribution in [-0.4, -0.2) is 24.0 Å². The smallest absolute Gasteiger partial charge is 0.180 e. The summed E-state index contributed by atoms with van der Waals surface area (Å²) < 4.78 is 26.0. The van der Waals surface area contributed by atoms with Crippen LogP contribution >= 0.6 is 11.6 Å². The molecule has 0 radical (unpaired) electrons. The zero-order valence-corrected chi connectivity index (χ0v) is 12.3. The summed E-state index contributed by atoms with van der Waals surface area (Å²) in [6, 6.07) is 7.91. The molecule has 0 bridgehead atoms. The van der Waals surface area contributed by atoms with Gasteiger partial charge in [0.25, 0.3) is 0 Å². The highest BCUT2D eigenvalue weighted by Gasteiger charge is 2.16.